The molecule has 5 nitrogen and oxygen atoms in total. The Morgan fingerprint density at radius 1 is 1.09 bits per heavy atom. The molecule has 0 radical (unpaired) electrons. The summed E-state index contributed by atoms with van der Waals surface area (Å²) in [4.78, 5) is 11.8. The number of rotatable bonds is 5. The summed E-state index contributed by atoms with van der Waals surface area (Å²) < 4.78 is 24.9. The summed E-state index contributed by atoms with van der Waals surface area (Å²) in [5.41, 5.74) is 3.06. The number of carbonyl (C=O) groups excluding carboxylic acids is 1. The second-order valence-electron chi connectivity index (χ2n) is 4.85. The summed E-state index contributed by atoms with van der Waals surface area (Å²) in [5.74, 6) is -1.03. The van der Waals surface area contributed by atoms with Crippen LogP contribution in [-0.4, -0.2) is 19.5 Å². The minimum atomic E-state index is -3.56. The number of hydrogen-bond acceptors (Lipinski definition) is 4. The number of carbonyl (C=O) groups is 1. The van der Waals surface area contributed by atoms with Crippen molar-refractivity contribution >= 4 is 15.7 Å². The van der Waals surface area contributed by atoms with Crippen molar-refractivity contribution in [1.82, 2.24) is 5.48 Å². The molecule has 2 aromatic carbocycles. The molecule has 0 aliphatic heterocycles. The first kappa shape index (κ1) is 16.2. The van der Waals surface area contributed by atoms with E-state index < -0.39 is 15.7 Å². The van der Waals surface area contributed by atoms with Crippen LogP contribution in [0.2, 0.25) is 0 Å². The van der Waals surface area contributed by atoms with Crippen LogP contribution in [0.3, 0.4) is 0 Å². The van der Waals surface area contributed by atoms with Gasteiger partial charge in [-0.1, -0.05) is 37.3 Å². The Labute approximate surface area is 129 Å². The Morgan fingerprint density at radius 2 is 1.73 bits per heavy atom. The molecule has 0 heterocycles. The van der Waals surface area contributed by atoms with Crippen molar-refractivity contribution in [2.45, 2.75) is 24.0 Å². The maximum atomic E-state index is 12.5. The van der Waals surface area contributed by atoms with E-state index in [0.717, 1.165) is 12.0 Å². The van der Waals surface area contributed by atoms with Gasteiger partial charge in [0.2, 0.25) is 0 Å². The molecule has 2 N–H and O–H groups in total. The normalized spacial score (nSPS) is 11.2. The van der Waals surface area contributed by atoms with Gasteiger partial charge in [-0.15, -0.1) is 0 Å². The molecule has 1 amide bonds. The van der Waals surface area contributed by atoms with Crippen LogP contribution >= 0.6 is 0 Å². The summed E-state index contributed by atoms with van der Waals surface area (Å²) >= 11 is 0. The van der Waals surface area contributed by atoms with E-state index in [-0.39, 0.29) is 16.2 Å². The van der Waals surface area contributed by atoms with Crippen molar-refractivity contribution < 1.29 is 18.4 Å². The number of benzene rings is 2. The Hall–Kier alpha value is -2.18. The molecule has 0 atom stereocenters. The van der Waals surface area contributed by atoms with Crippen LogP contribution < -0.4 is 5.48 Å². The first-order chi connectivity index (χ1) is 10.5. The van der Waals surface area contributed by atoms with Crippen molar-refractivity contribution in [2.75, 3.05) is 0 Å². The number of sulfone groups is 1. The van der Waals surface area contributed by atoms with E-state index in [1.165, 1.54) is 11.5 Å². The SMILES string of the molecule is CCc1ccc(S(=O)(=O)Cc2ccccc2C(=O)NO)cc1. The van der Waals surface area contributed by atoms with Gasteiger partial charge in [0.25, 0.3) is 5.91 Å². The fourth-order valence-electron chi connectivity index (χ4n) is 2.15. The lowest BCUT2D eigenvalue weighted by molar-refractivity contribution is 0.0705. The largest absolute Gasteiger partial charge is 0.288 e. The third kappa shape index (κ3) is 3.52. The summed E-state index contributed by atoms with van der Waals surface area (Å²) in [5, 5.41) is 8.74. The van der Waals surface area contributed by atoms with Crippen molar-refractivity contribution in [3.05, 3.63) is 65.2 Å². The second-order valence-corrected chi connectivity index (χ2v) is 6.84. The summed E-state index contributed by atoms with van der Waals surface area (Å²) in [6.07, 6.45) is 0.833. The lowest BCUT2D eigenvalue weighted by Crippen LogP contribution is -2.21. The first-order valence-corrected chi connectivity index (χ1v) is 8.47. The molecule has 22 heavy (non-hydrogen) atoms. The molecule has 116 valence electrons. The minimum absolute atomic E-state index is 0.138. The molecule has 2 aromatic rings. The third-order valence-corrected chi connectivity index (χ3v) is 5.08. The maximum absolute atomic E-state index is 12.5. The highest BCUT2D eigenvalue weighted by molar-refractivity contribution is 7.90. The summed E-state index contributed by atoms with van der Waals surface area (Å²) in [7, 11) is -3.56. The minimum Gasteiger partial charge on any atom is -0.288 e. The van der Waals surface area contributed by atoms with Gasteiger partial charge in [0, 0.05) is 5.56 Å². The highest BCUT2D eigenvalue weighted by Crippen LogP contribution is 2.19. The number of amides is 1. The number of aryl methyl sites for hydroxylation is 1. The monoisotopic (exact) mass is 319 g/mol. The van der Waals surface area contributed by atoms with Crippen molar-refractivity contribution in [2.24, 2.45) is 0 Å². The molecule has 0 aliphatic carbocycles. The lowest BCUT2D eigenvalue weighted by Gasteiger charge is -2.09. The molecule has 2 rings (SSSR count). The highest BCUT2D eigenvalue weighted by atomic mass is 32.2. The van der Waals surface area contributed by atoms with E-state index >= 15 is 0 Å². The molecule has 0 bridgehead atoms. The Kier molecular flexibility index (Phi) is 4.95. The fourth-order valence-corrected chi connectivity index (χ4v) is 3.53. The average molecular weight is 319 g/mol. The van der Waals surface area contributed by atoms with Gasteiger partial charge < -0.3 is 0 Å². The predicted octanol–water partition coefficient (Wildman–Crippen LogP) is 2.34. The molecule has 0 fully saturated rings. The predicted molar refractivity (Wildman–Crippen MR) is 82.4 cm³/mol. The van der Waals surface area contributed by atoms with E-state index in [1.807, 2.05) is 6.92 Å². The van der Waals surface area contributed by atoms with Crippen LogP contribution in [0.1, 0.15) is 28.4 Å². The average Bonchev–Trinajstić information content (AvgIpc) is 2.54. The van der Waals surface area contributed by atoms with Gasteiger partial charge >= 0.3 is 0 Å². The van der Waals surface area contributed by atoms with Gasteiger partial charge in [0.05, 0.1) is 10.6 Å². The Morgan fingerprint density at radius 3 is 2.32 bits per heavy atom. The fraction of sp³-hybridized carbons (Fsp3) is 0.188. The number of hydroxylamine groups is 1. The Bertz CT molecular complexity index is 767. The topological polar surface area (TPSA) is 83.5 Å². The van der Waals surface area contributed by atoms with Crippen LogP contribution in [0, 0.1) is 0 Å². The van der Waals surface area contributed by atoms with Crippen LogP contribution in [0.5, 0.6) is 0 Å². The summed E-state index contributed by atoms with van der Waals surface area (Å²) in [6, 6.07) is 13.0. The van der Waals surface area contributed by atoms with Crippen molar-refractivity contribution in [1.29, 1.82) is 0 Å². The number of nitrogens with one attached hydrogen (secondary N) is 1. The van der Waals surface area contributed by atoms with Crippen molar-refractivity contribution in [3.63, 3.8) is 0 Å². The van der Waals surface area contributed by atoms with E-state index in [0.29, 0.717) is 5.56 Å². The van der Waals surface area contributed by atoms with Crippen LogP contribution in [0.15, 0.2) is 53.4 Å². The van der Waals surface area contributed by atoms with Gasteiger partial charge in [-0.2, -0.15) is 0 Å². The highest BCUT2D eigenvalue weighted by Gasteiger charge is 2.19. The van der Waals surface area contributed by atoms with Gasteiger partial charge in [0.15, 0.2) is 9.84 Å². The molecule has 0 saturated carbocycles. The quantitative estimate of drug-likeness (QED) is 0.654. The molecule has 0 aromatic heterocycles. The standard InChI is InChI=1S/C16H17NO4S/c1-2-12-7-9-14(10-8-12)22(20,21)11-13-5-3-4-6-15(13)16(18)17-19/h3-10,19H,2,11H2,1H3,(H,17,18). The van der Waals surface area contributed by atoms with E-state index in [9.17, 15) is 13.2 Å². The molecular weight excluding hydrogens is 302 g/mol. The second kappa shape index (κ2) is 6.72. The van der Waals surface area contributed by atoms with Crippen LogP contribution in [0.25, 0.3) is 0 Å². The van der Waals surface area contributed by atoms with Gasteiger partial charge in [-0.25, -0.2) is 13.9 Å². The van der Waals surface area contributed by atoms with Crippen LogP contribution in [-0.2, 0) is 22.0 Å². The molecule has 0 spiro atoms. The third-order valence-electron chi connectivity index (χ3n) is 3.40. The number of hydrogen-bond donors (Lipinski definition) is 2. The van der Waals surface area contributed by atoms with Gasteiger partial charge in [-0.05, 0) is 35.7 Å². The zero-order valence-corrected chi connectivity index (χ0v) is 12.9. The molecular formula is C16H17NO4S. The van der Waals surface area contributed by atoms with Crippen LogP contribution in [0.4, 0.5) is 0 Å². The van der Waals surface area contributed by atoms with E-state index in [1.54, 1.807) is 42.5 Å². The zero-order chi connectivity index (χ0) is 16.2. The first-order valence-electron chi connectivity index (χ1n) is 6.82. The maximum Gasteiger partial charge on any atom is 0.274 e. The van der Waals surface area contributed by atoms with E-state index in [4.69, 9.17) is 5.21 Å². The lowest BCUT2D eigenvalue weighted by atomic mass is 10.1. The van der Waals surface area contributed by atoms with Gasteiger partial charge in [-0.3, -0.25) is 10.0 Å². The van der Waals surface area contributed by atoms with E-state index in [2.05, 4.69) is 0 Å². The molecule has 0 unspecified atom stereocenters. The van der Waals surface area contributed by atoms with Crippen molar-refractivity contribution in [3.8, 4) is 0 Å². The molecule has 0 saturated heterocycles. The molecule has 0 aliphatic rings. The molecule has 6 heteroatoms. The Balaban J connectivity index is 2.34. The van der Waals surface area contributed by atoms with Gasteiger partial charge in [0.1, 0.15) is 0 Å². The smallest absolute Gasteiger partial charge is 0.274 e. The zero-order valence-electron chi connectivity index (χ0n) is 12.1. The summed E-state index contributed by atoms with van der Waals surface area (Å²) in [6.45, 7) is 1.99.